The van der Waals surface area contributed by atoms with Crippen LogP contribution >= 0.6 is 0 Å². The number of aliphatic carboxylic acids is 1. The first-order chi connectivity index (χ1) is 12.8. The number of unbranched alkanes of at least 4 members (excludes halogenated alkanes) is 11. The Labute approximate surface area is 160 Å². The molecule has 0 aliphatic rings. The number of benzene rings is 1. The Morgan fingerprint density at radius 2 is 1.19 bits per heavy atom. The van der Waals surface area contributed by atoms with E-state index in [2.05, 4.69) is 42.5 Å². The van der Waals surface area contributed by atoms with Crippen molar-refractivity contribution in [1.29, 1.82) is 0 Å². The van der Waals surface area contributed by atoms with Gasteiger partial charge in [-0.25, -0.2) is 0 Å². The van der Waals surface area contributed by atoms with Gasteiger partial charge in [0.05, 0.1) is 0 Å². The first kappa shape index (κ1) is 22.5. The van der Waals surface area contributed by atoms with Crippen LogP contribution in [0, 0.1) is 0 Å². The molecule has 0 aliphatic carbocycles. The van der Waals surface area contributed by atoms with Crippen LogP contribution in [0.5, 0.6) is 0 Å². The molecule has 26 heavy (non-hydrogen) atoms. The number of aryl methyl sites for hydroxylation is 1. The van der Waals surface area contributed by atoms with Crippen molar-refractivity contribution in [3.8, 4) is 0 Å². The minimum atomic E-state index is -0.667. The summed E-state index contributed by atoms with van der Waals surface area (Å²) >= 11 is 0. The summed E-state index contributed by atoms with van der Waals surface area (Å²) in [6, 6.07) is 10.8. The average Bonchev–Trinajstić information content (AvgIpc) is 2.65. The first-order valence-corrected chi connectivity index (χ1v) is 10.7. The zero-order valence-electron chi connectivity index (χ0n) is 16.5. The third kappa shape index (κ3) is 14.7. The van der Waals surface area contributed by atoms with E-state index in [1.54, 1.807) is 0 Å². The van der Waals surface area contributed by atoms with Gasteiger partial charge >= 0.3 is 5.97 Å². The molecule has 0 atom stereocenters. The summed E-state index contributed by atoms with van der Waals surface area (Å²) < 4.78 is 0. The van der Waals surface area contributed by atoms with Crippen molar-refractivity contribution in [1.82, 2.24) is 0 Å². The largest absolute Gasteiger partial charge is 0.481 e. The predicted molar refractivity (Wildman–Crippen MR) is 112 cm³/mol. The van der Waals surface area contributed by atoms with Crippen LogP contribution in [-0.2, 0) is 11.2 Å². The molecular weight excluding hydrogens is 320 g/mol. The number of carbonyl (C=O) groups is 1. The second-order valence-corrected chi connectivity index (χ2v) is 7.32. The molecule has 0 fully saturated rings. The fourth-order valence-corrected chi connectivity index (χ4v) is 3.25. The second-order valence-electron chi connectivity index (χ2n) is 7.32. The van der Waals surface area contributed by atoms with Crippen molar-refractivity contribution in [2.24, 2.45) is 0 Å². The number of allylic oxidation sites excluding steroid dienone is 2. The summed E-state index contributed by atoms with van der Waals surface area (Å²) in [4.78, 5) is 10.4. The molecule has 0 aliphatic heterocycles. The summed E-state index contributed by atoms with van der Waals surface area (Å²) in [6.45, 7) is 0. The van der Waals surface area contributed by atoms with Gasteiger partial charge in [-0.2, -0.15) is 0 Å². The van der Waals surface area contributed by atoms with E-state index in [0.717, 1.165) is 12.8 Å². The molecule has 0 aromatic heterocycles. The third-order valence-corrected chi connectivity index (χ3v) is 4.86. The number of hydrogen-bond donors (Lipinski definition) is 1. The Bertz CT molecular complexity index is 464. The Balaban J connectivity index is 1.76. The van der Waals surface area contributed by atoms with Crippen molar-refractivity contribution in [3.63, 3.8) is 0 Å². The molecule has 0 heterocycles. The van der Waals surface area contributed by atoms with Crippen molar-refractivity contribution in [2.75, 3.05) is 0 Å². The van der Waals surface area contributed by atoms with Gasteiger partial charge in [-0.3, -0.25) is 4.79 Å². The third-order valence-electron chi connectivity index (χ3n) is 4.86. The van der Waals surface area contributed by atoms with Gasteiger partial charge in [-0.05, 0) is 50.5 Å². The van der Waals surface area contributed by atoms with Gasteiger partial charge in [0.25, 0.3) is 0 Å². The van der Waals surface area contributed by atoms with Crippen LogP contribution in [0.3, 0.4) is 0 Å². The maximum Gasteiger partial charge on any atom is 0.303 e. The maximum atomic E-state index is 10.4. The van der Waals surface area contributed by atoms with E-state index >= 15 is 0 Å². The zero-order chi connectivity index (χ0) is 18.7. The fourth-order valence-electron chi connectivity index (χ4n) is 3.25. The Morgan fingerprint density at radius 3 is 1.77 bits per heavy atom. The predicted octanol–water partition coefficient (Wildman–Crippen LogP) is 7.33. The highest BCUT2D eigenvalue weighted by atomic mass is 16.4. The Morgan fingerprint density at radius 1 is 0.692 bits per heavy atom. The summed E-state index contributed by atoms with van der Waals surface area (Å²) in [7, 11) is 0. The lowest BCUT2D eigenvalue weighted by atomic mass is 10.0. The van der Waals surface area contributed by atoms with E-state index in [4.69, 9.17) is 5.11 Å². The number of carboxylic acid groups (broad SMARTS) is 1. The molecule has 1 N–H and O–H groups in total. The molecule has 1 rings (SSSR count). The molecule has 0 amide bonds. The van der Waals surface area contributed by atoms with E-state index in [0.29, 0.717) is 6.42 Å². The molecule has 0 saturated carbocycles. The van der Waals surface area contributed by atoms with Crippen LogP contribution in [0.4, 0.5) is 0 Å². The van der Waals surface area contributed by atoms with E-state index < -0.39 is 5.97 Å². The monoisotopic (exact) mass is 358 g/mol. The van der Waals surface area contributed by atoms with Crippen LogP contribution in [-0.4, -0.2) is 11.1 Å². The maximum absolute atomic E-state index is 10.4. The normalized spacial score (nSPS) is 11.2. The smallest absolute Gasteiger partial charge is 0.303 e. The van der Waals surface area contributed by atoms with Gasteiger partial charge < -0.3 is 5.11 Å². The lowest BCUT2D eigenvalue weighted by Gasteiger charge is -2.02. The molecule has 0 bridgehead atoms. The fraction of sp³-hybridized carbons (Fsp3) is 0.625. The molecule has 2 nitrogen and oxygen atoms in total. The molecule has 0 spiro atoms. The SMILES string of the molecule is O=C(O)CCCCCCC/C=C\CCCCCCCCc1ccccc1. The van der Waals surface area contributed by atoms with E-state index in [1.807, 2.05) is 0 Å². The van der Waals surface area contributed by atoms with Gasteiger partial charge in [-0.1, -0.05) is 87.4 Å². The summed E-state index contributed by atoms with van der Waals surface area (Å²) in [5.74, 6) is -0.667. The van der Waals surface area contributed by atoms with Gasteiger partial charge in [0.15, 0.2) is 0 Å². The lowest BCUT2D eigenvalue weighted by Crippen LogP contribution is -1.93. The number of carboxylic acids is 1. The first-order valence-electron chi connectivity index (χ1n) is 10.7. The molecule has 1 aromatic rings. The minimum Gasteiger partial charge on any atom is -0.481 e. The van der Waals surface area contributed by atoms with Gasteiger partial charge in [0.2, 0.25) is 0 Å². The second kappa shape index (κ2) is 16.9. The summed E-state index contributed by atoms with van der Waals surface area (Å²) in [5, 5.41) is 8.56. The van der Waals surface area contributed by atoms with Gasteiger partial charge in [-0.15, -0.1) is 0 Å². The molecule has 0 radical (unpaired) electrons. The summed E-state index contributed by atoms with van der Waals surface area (Å²) in [5.41, 5.74) is 1.47. The molecule has 1 aromatic carbocycles. The number of rotatable bonds is 17. The van der Waals surface area contributed by atoms with Gasteiger partial charge in [0.1, 0.15) is 0 Å². The van der Waals surface area contributed by atoms with Crippen LogP contribution in [0.2, 0.25) is 0 Å². The van der Waals surface area contributed by atoms with Crippen LogP contribution < -0.4 is 0 Å². The highest BCUT2D eigenvalue weighted by molar-refractivity contribution is 5.66. The van der Waals surface area contributed by atoms with E-state index in [-0.39, 0.29) is 0 Å². The van der Waals surface area contributed by atoms with E-state index in [9.17, 15) is 4.79 Å². The van der Waals surface area contributed by atoms with Crippen LogP contribution in [0.25, 0.3) is 0 Å². The summed E-state index contributed by atoms with van der Waals surface area (Å²) in [6.07, 6.45) is 22.3. The number of hydrogen-bond acceptors (Lipinski definition) is 1. The van der Waals surface area contributed by atoms with Crippen molar-refractivity contribution >= 4 is 5.97 Å². The quantitative estimate of drug-likeness (QED) is 0.234. The molecule has 0 saturated heterocycles. The molecule has 2 heteroatoms. The molecule has 0 unspecified atom stereocenters. The minimum absolute atomic E-state index is 0.326. The Kier molecular flexibility index (Phi) is 14.6. The standard InChI is InChI=1S/C24H38O2/c25-24(26)22-18-13-11-9-7-5-3-1-2-4-6-8-10-12-15-19-23-20-16-14-17-21-23/h1,3,14,16-17,20-21H,2,4-13,15,18-19,22H2,(H,25,26)/b3-1-. The van der Waals surface area contributed by atoms with E-state index in [1.165, 1.54) is 82.6 Å². The lowest BCUT2D eigenvalue weighted by molar-refractivity contribution is -0.137. The van der Waals surface area contributed by atoms with Crippen LogP contribution in [0.15, 0.2) is 42.5 Å². The Hall–Kier alpha value is -1.57. The van der Waals surface area contributed by atoms with Gasteiger partial charge in [0, 0.05) is 6.42 Å². The highest BCUT2D eigenvalue weighted by Gasteiger charge is 1.96. The molecule has 146 valence electrons. The van der Waals surface area contributed by atoms with Crippen molar-refractivity contribution in [3.05, 3.63) is 48.0 Å². The zero-order valence-corrected chi connectivity index (χ0v) is 16.5. The van der Waals surface area contributed by atoms with Crippen molar-refractivity contribution < 1.29 is 9.90 Å². The highest BCUT2D eigenvalue weighted by Crippen LogP contribution is 2.11. The van der Waals surface area contributed by atoms with Crippen molar-refractivity contribution in [2.45, 2.75) is 96.3 Å². The average molecular weight is 359 g/mol. The topological polar surface area (TPSA) is 37.3 Å². The molecular formula is C24H38O2. The van der Waals surface area contributed by atoms with Crippen LogP contribution in [0.1, 0.15) is 95.5 Å².